The molecule has 0 amide bonds. The van der Waals surface area contributed by atoms with Gasteiger partial charge in [0.15, 0.2) is 0 Å². The molecule has 0 bridgehead atoms. The number of hydrogen-bond acceptors (Lipinski definition) is 2. The molecule has 5 heavy (non-hydrogen) atoms. The van der Waals surface area contributed by atoms with E-state index in [4.69, 9.17) is 0 Å². The molecular weight excluding hydrogens is 244 g/mol. The minimum atomic E-state index is 0. The minimum Gasteiger partial charge on any atom is -0.144 e. The van der Waals surface area contributed by atoms with Gasteiger partial charge in [-0.05, 0) is 0 Å². The van der Waals surface area contributed by atoms with Gasteiger partial charge in [0.05, 0.1) is 0 Å². The number of rotatable bonds is 1. The zero-order valence-corrected chi connectivity index (χ0v) is 6.43. The second-order valence-electron chi connectivity index (χ2n) is 0.126. The molecule has 0 radical (unpaired) electrons. The van der Waals surface area contributed by atoms with Crippen molar-refractivity contribution >= 4 is 32.5 Å². The van der Waals surface area contributed by atoms with Crippen molar-refractivity contribution in [2.24, 2.45) is 0 Å². The van der Waals surface area contributed by atoms with Crippen molar-refractivity contribution in [1.29, 1.82) is 0 Å². The third-order valence-electron chi connectivity index (χ3n) is 0.0238. The van der Waals surface area contributed by atoms with Crippen LogP contribution in [0, 0.1) is 0 Å². The minimum absolute atomic E-state index is 0. The molecule has 0 rings (SSSR count). The largest absolute Gasteiger partial charge is 6.00 e. The van der Waals surface area contributed by atoms with Crippen LogP contribution in [0.4, 0.5) is 0 Å². The molecule has 0 aliphatic heterocycles. The molecule has 0 aliphatic rings. The van der Waals surface area contributed by atoms with Gasteiger partial charge in [0.1, 0.15) is 32.5 Å². The van der Waals surface area contributed by atoms with Gasteiger partial charge in [-0.2, -0.15) is 0 Å². The van der Waals surface area contributed by atoms with Crippen LogP contribution in [-0.2, 0) is 25.3 Å². The van der Waals surface area contributed by atoms with Crippen LogP contribution in [0.15, 0.2) is 0 Å². The van der Waals surface area contributed by atoms with E-state index in [9.17, 15) is 0 Å². The Morgan fingerprint density at radius 1 is 1.00 bits per heavy atom. The summed E-state index contributed by atoms with van der Waals surface area (Å²) < 4.78 is 7.54. The molecule has 0 aliphatic carbocycles. The first kappa shape index (κ1) is 9.65. The summed E-state index contributed by atoms with van der Waals surface area (Å²) in [6.45, 7) is 0. The second-order valence-corrected chi connectivity index (χ2v) is 0.655. The Morgan fingerprint density at radius 2 is 1.20 bits per heavy atom. The number of halogens is 2. The summed E-state index contributed by atoms with van der Waals surface area (Å²) in [7, 11) is 0. The summed E-state index contributed by atoms with van der Waals surface area (Å²) in [6.07, 6.45) is 0. The first-order chi connectivity index (χ1) is 1.91. The maximum Gasteiger partial charge on any atom is 6.00 e. The maximum atomic E-state index is 3.77. The first-order valence-corrected chi connectivity index (χ1v) is 1.77. The molecule has 2 nitrogen and oxygen atoms in total. The van der Waals surface area contributed by atoms with Crippen LogP contribution in [-0.4, -0.2) is 0 Å². The van der Waals surface area contributed by atoms with Crippen LogP contribution in [0.1, 0.15) is 0 Å². The van der Waals surface area contributed by atoms with Crippen molar-refractivity contribution in [3.05, 3.63) is 0 Å². The molecule has 0 aromatic rings. The topological polar surface area (TPSA) is 18.5 Å². The zero-order valence-electron chi connectivity index (χ0n) is 1.98. The van der Waals surface area contributed by atoms with Crippen molar-refractivity contribution in [2.75, 3.05) is 0 Å². The van der Waals surface area contributed by atoms with E-state index >= 15 is 0 Å². The van der Waals surface area contributed by atoms with Gasteiger partial charge in [-0.15, -0.1) is 7.96 Å². The molecular formula is Br2CrO2+6. The van der Waals surface area contributed by atoms with Crippen molar-refractivity contribution in [2.45, 2.75) is 0 Å². The van der Waals surface area contributed by atoms with Crippen molar-refractivity contribution in [3.8, 4) is 0 Å². The Balaban J connectivity index is 0. The van der Waals surface area contributed by atoms with E-state index in [-0.39, 0.29) is 17.4 Å². The van der Waals surface area contributed by atoms with Gasteiger partial charge in [0, 0.05) is 0 Å². The fourth-order valence-corrected chi connectivity index (χ4v) is 0. The molecule has 0 aromatic heterocycles. The van der Waals surface area contributed by atoms with Gasteiger partial charge in [-0.25, -0.2) is 0 Å². The quantitative estimate of drug-likeness (QED) is 0.514. The summed E-state index contributed by atoms with van der Waals surface area (Å²) in [6, 6.07) is 0. The fraction of sp³-hybridized carbons (Fsp3) is 0. The Hall–Kier alpha value is 1.41. The molecule has 0 heterocycles. The molecule has 0 atom stereocenters. The Morgan fingerprint density at radius 3 is 1.20 bits per heavy atom. The molecule has 0 fully saturated rings. The molecule has 0 spiro atoms. The Labute approximate surface area is 57.8 Å². The zero-order chi connectivity index (χ0) is 3.41. The first-order valence-electron chi connectivity index (χ1n) is 0.475. The summed E-state index contributed by atoms with van der Waals surface area (Å²) >= 11 is 4.96. The van der Waals surface area contributed by atoms with Gasteiger partial charge in [0.2, 0.25) is 0 Å². The third kappa shape index (κ3) is 10.8. The molecule has 0 N–H and O–H groups in total. The standard InChI is InChI=1S/Br2O2.Cr/c1-3-4-2;/q;+6. The maximum absolute atomic E-state index is 3.77. The molecule has 0 saturated heterocycles. The Kier molecular flexibility index (Phi) is 17.5. The van der Waals surface area contributed by atoms with Gasteiger partial charge < -0.3 is 0 Å². The molecule has 26 valence electrons. The van der Waals surface area contributed by atoms with E-state index < -0.39 is 0 Å². The average molecular weight is 244 g/mol. The van der Waals surface area contributed by atoms with Gasteiger partial charge in [-0.3, -0.25) is 0 Å². The summed E-state index contributed by atoms with van der Waals surface area (Å²) in [5, 5.41) is 0. The van der Waals surface area contributed by atoms with E-state index in [2.05, 4.69) is 40.5 Å². The van der Waals surface area contributed by atoms with Gasteiger partial charge in [0.25, 0.3) is 0 Å². The van der Waals surface area contributed by atoms with E-state index in [1.165, 1.54) is 0 Å². The van der Waals surface area contributed by atoms with Crippen LogP contribution in [0.2, 0.25) is 0 Å². The van der Waals surface area contributed by atoms with Gasteiger partial charge >= 0.3 is 17.4 Å². The predicted molar refractivity (Wildman–Crippen MR) is 20.0 cm³/mol. The third-order valence-corrected chi connectivity index (χ3v) is 0.643. The van der Waals surface area contributed by atoms with Crippen LogP contribution in [0.3, 0.4) is 0 Å². The van der Waals surface area contributed by atoms with Crippen LogP contribution < -0.4 is 0 Å². The van der Waals surface area contributed by atoms with E-state index in [0.29, 0.717) is 0 Å². The molecule has 0 saturated carbocycles. The monoisotopic (exact) mass is 242 g/mol. The summed E-state index contributed by atoms with van der Waals surface area (Å²) in [5.41, 5.74) is 0. The Bertz CT molecular complexity index is 9.61. The normalized spacial score (nSPS) is 6.00. The fourth-order valence-electron chi connectivity index (χ4n) is 0. The van der Waals surface area contributed by atoms with E-state index in [1.807, 2.05) is 0 Å². The average Bonchev–Trinajstić information content (AvgIpc) is 1.37. The molecule has 0 unspecified atom stereocenters. The van der Waals surface area contributed by atoms with Gasteiger partial charge in [-0.1, -0.05) is 0 Å². The van der Waals surface area contributed by atoms with Crippen LogP contribution >= 0.6 is 32.5 Å². The van der Waals surface area contributed by atoms with Crippen molar-refractivity contribution in [3.63, 3.8) is 0 Å². The van der Waals surface area contributed by atoms with Crippen LogP contribution in [0.5, 0.6) is 0 Å². The molecule has 0 aromatic carbocycles. The molecule has 5 heteroatoms. The van der Waals surface area contributed by atoms with Crippen LogP contribution in [0.25, 0.3) is 0 Å². The van der Waals surface area contributed by atoms with E-state index in [1.54, 1.807) is 0 Å². The smallest absolute Gasteiger partial charge is 0.144 e. The van der Waals surface area contributed by atoms with Crippen molar-refractivity contribution < 1.29 is 25.3 Å². The second kappa shape index (κ2) is 9.05. The van der Waals surface area contributed by atoms with E-state index in [0.717, 1.165) is 0 Å². The number of hydrogen-bond donors (Lipinski definition) is 0. The SMILES string of the molecule is BrOOBr.[Cr+6]. The predicted octanol–water partition coefficient (Wildman–Crippen LogP) is 1.55. The summed E-state index contributed by atoms with van der Waals surface area (Å²) in [5.74, 6) is 0. The van der Waals surface area contributed by atoms with Crippen molar-refractivity contribution in [1.82, 2.24) is 0 Å². The summed E-state index contributed by atoms with van der Waals surface area (Å²) in [4.78, 5) is 0.